The van der Waals surface area contributed by atoms with Crippen molar-refractivity contribution in [1.82, 2.24) is 4.90 Å². The van der Waals surface area contributed by atoms with E-state index < -0.39 is 0 Å². The number of amides is 1. The van der Waals surface area contributed by atoms with Gasteiger partial charge in [0.15, 0.2) is 0 Å². The van der Waals surface area contributed by atoms with Crippen molar-refractivity contribution in [3.8, 4) is 0 Å². The summed E-state index contributed by atoms with van der Waals surface area (Å²) in [7, 11) is 4.06. The van der Waals surface area contributed by atoms with Crippen LogP contribution in [-0.4, -0.2) is 42.4 Å². The van der Waals surface area contributed by atoms with E-state index in [0.717, 1.165) is 23.5 Å². The number of carbonyl (C=O) groups is 1. The molecule has 0 heterocycles. The molecule has 0 fully saturated rings. The lowest BCUT2D eigenvalue weighted by Gasteiger charge is -2.15. The predicted molar refractivity (Wildman–Crippen MR) is 84.7 cm³/mol. The third kappa shape index (κ3) is 5.53. The first-order valence-electron chi connectivity index (χ1n) is 6.33. The first kappa shape index (κ1) is 15.9. The molecule has 1 aromatic rings. The summed E-state index contributed by atoms with van der Waals surface area (Å²) in [5.41, 5.74) is 8.22. The lowest BCUT2D eigenvalue weighted by atomic mass is 10.2. The highest BCUT2D eigenvalue weighted by molar-refractivity contribution is 8.00. The van der Waals surface area contributed by atoms with Gasteiger partial charge in [-0.2, -0.15) is 0 Å². The summed E-state index contributed by atoms with van der Waals surface area (Å²) >= 11 is 1.66. The third-order valence-electron chi connectivity index (χ3n) is 2.78. The predicted octanol–water partition coefficient (Wildman–Crippen LogP) is 2.20. The van der Waals surface area contributed by atoms with Crippen LogP contribution in [0.4, 0.5) is 11.4 Å². The number of benzene rings is 1. The molecule has 1 rings (SSSR count). The van der Waals surface area contributed by atoms with Crippen molar-refractivity contribution in [1.29, 1.82) is 0 Å². The summed E-state index contributed by atoms with van der Waals surface area (Å²) in [6.45, 7) is 4.85. The smallest absolute Gasteiger partial charge is 0.237 e. The molecule has 106 valence electrons. The Bertz CT molecular complexity index is 435. The van der Waals surface area contributed by atoms with Crippen molar-refractivity contribution in [3.05, 3.63) is 23.8 Å². The number of hydrogen-bond donors (Lipinski definition) is 2. The summed E-state index contributed by atoms with van der Waals surface area (Å²) in [4.78, 5) is 14.2. The molecule has 0 aliphatic carbocycles. The number of thioether (sulfide) groups is 1. The molecule has 1 atom stereocenters. The molecule has 0 saturated carbocycles. The fraction of sp³-hybridized carbons (Fsp3) is 0.500. The minimum atomic E-state index is -0.0584. The number of anilines is 2. The number of hydrogen-bond acceptors (Lipinski definition) is 4. The SMILES string of the molecule is Cc1cc(N)ccc1NC(=O)C(C)SCCN(C)C. The topological polar surface area (TPSA) is 58.4 Å². The maximum atomic E-state index is 12.0. The van der Waals surface area contributed by atoms with Crippen LogP contribution in [0.25, 0.3) is 0 Å². The van der Waals surface area contributed by atoms with Gasteiger partial charge in [-0.25, -0.2) is 0 Å². The molecule has 4 nitrogen and oxygen atoms in total. The van der Waals surface area contributed by atoms with Crippen molar-refractivity contribution in [3.63, 3.8) is 0 Å². The van der Waals surface area contributed by atoms with Crippen LogP contribution in [0.2, 0.25) is 0 Å². The molecule has 0 aliphatic rings. The second kappa shape index (κ2) is 7.40. The van der Waals surface area contributed by atoms with E-state index >= 15 is 0 Å². The van der Waals surface area contributed by atoms with Crippen LogP contribution in [0.15, 0.2) is 18.2 Å². The number of carbonyl (C=O) groups excluding carboxylic acids is 1. The van der Waals surface area contributed by atoms with E-state index in [9.17, 15) is 4.79 Å². The van der Waals surface area contributed by atoms with Crippen LogP contribution >= 0.6 is 11.8 Å². The zero-order valence-corrected chi connectivity index (χ0v) is 12.9. The Hall–Kier alpha value is -1.20. The minimum absolute atomic E-state index is 0.0385. The standard InChI is InChI=1S/C14H23N3OS/c1-10-9-12(15)5-6-13(10)16-14(18)11(2)19-8-7-17(3)4/h5-6,9,11H,7-8,15H2,1-4H3,(H,16,18). The second-order valence-corrected chi connectivity index (χ2v) is 6.33. The Morgan fingerprint density at radius 1 is 1.47 bits per heavy atom. The van der Waals surface area contributed by atoms with E-state index in [1.165, 1.54) is 0 Å². The molecule has 19 heavy (non-hydrogen) atoms. The van der Waals surface area contributed by atoms with Crippen molar-refractivity contribution in [2.45, 2.75) is 19.1 Å². The summed E-state index contributed by atoms with van der Waals surface area (Å²) in [5, 5.41) is 2.89. The zero-order chi connectivity index (χ0) is 14.4. The number of aryl methyl sites for hydroxylation is 1. The molecule has 1 unspecified atom stereocenters. The van der Waals surface area contributed by atoms with E-state index in [1.807, 2.05) is 40.1 Å². The maximum absolute atomic E-state index is 12.0. The van der Waals surface area contributed by atoms with Gasteiger partial charge in [-0.3, -0.25) is 4.79 Å². The largest absolute Gasteiger partial charge is 0.399 e. The van der Waals surface area contributed by atoms with Gasteiger partial charge in [-0.1, -0.05) is 0 Å². The van der Waals surface area contributed by atoms with Crippen molar-refractivity contribution in [2.75, 3.05) is 37.4 Å². The summed E-state index contributed by atoms with van der Waals surface area (Å²) in [6, 6.07) is 5.51. The molecule has 0 bridgehead atoms. The van der Waals surface area contributed by atoms with Gasteiger partial charge in [-0.15, -0.1) is 11.8 Å². The first-order chi connectivity index (χ1) is 8.90. The van der Waals surface area contributed by atoms with Crippen LogP contribution in [0.5, 0.6) is 0 Å². The quantitative estimate of drug-likeness (QED) is 0.785. The Morgan fingerprint density at radius 2 is 2.16 bits per heavy atom. The van der Waals surface area contributed by atoms with E-state index in [1.54, 1.807) is 17.8 Å². The van der Waals surface area contributed by atoms with Gasteiger partial charge in [0.05, 0.1) is 5.25 Å². The average Bonchev–Trinajstić information content (AvgIpc) is 2.32. The molecule has 0 saturated heterocycles. The normalized spacial score (nSPS) is 12.5. The molecule has 3 N–H and O–H groups in total. The zero-order valence-electron chi connectivity index (χ0n) is 12.1. The number of rotatable bonds is 6. The van der Waals surface area contributed by atoms with Gasteiger partial charge in [0, 0.05) is 23.7 Å². The second-order valence-electron chi connectivity index (χ2n) is 4.88. The molecule has 0 aromatic heterocycles. The molecule has 5 heteroatoms. The van der Waals surface area contributed by atoms with Crippen molar-refractivity contribution >= 4 is 29.0 Å². The number of nitrogens with one attached hydrogen (secondary N) is 1. The van der Waals surface area contributed by atoms with E-state index in [0.29, 0.717) is 5.69 Å². The molecule has 0 aliphatic heterocycles. The van der Waals surface area contributed by atoms with Crippen LogP contribution in [0, 0.1) is 6.92 Å². The van der Waals surface area contributed by atoms with Crippen molar-refractivity contribution in [2.24, 2.45) is 0 Å². The van der Waals surface area contributed by atoms with Crippen LogP contribution < -0.4 is 11.1 Å². The third-order valence-corrected chi connectivity index (χ3v) is 3.92. The Labute approximate surface area is 119 Å². The molecular weight excluding hydrogens is 258 g/mol. The summed E-state index contributed by atoms with van der Waals surface area (Å²) in [5.74, 6) is 0.985. The number of nitrogens with zero attached hydrogens (tertiary/aromatic N) is 1. The number of nitrogen functional groups attached to an aromatic ring is 1. The number of nitrogens with two attached hydrogens (primary N) is 1. The molecular formula is C14H23N3OS. The highest BCUT2D eigenvalue weighted by Crippen LogP contribution is 2.19. The minimum Gasteiger partial charge on any atom is -0.399 e. The van der Waals surface area contributed by atoms with Gasteiger partial charge in [0.2, 0.25) is 5.91 Å². The molecule has 1 amide bonds. The fourth-order valence-electron chi connectivity index (χ4n) is 1.55. The van der Waals surface area contributed by atoms with Crippen LogP contribution in [0.3, 0.4) is 0 Å². The Kier molecular flexibility index (Phi) is 6.18. The van der Waals surface area contributed by atoms with Crippen LogP contribution in [0.1, 0.15) is 12.5 Å². The molecule has 1 aromatic carbocycles. The Morgan fingerprint density at radius 3 is 2.74 bits per heavy atom. The maximum Gasteiger partial charge on any atom is 0.237 e. The highest BCUT2D eigenvalue weighted by Gasteiger charge is 2.14. The van der Waals surface area contributed by atoms with E-state index in [2.05, 4.69) is 10.2 Å². The summed E-state index contributed by atoms with van der Waals surface area (Å²) < 4.78 is 0. The van der Waals surface area contributed by atoms with Crippen LogP contribution in [-0.2, 0) is 4.79 Å². The van der Waals surface area contributed by atoms with Gasteiger partial charge in [-0.05, 0) is 51.7 Å². The average molecular weight is 281 g/mol. The van der Waals surface area contributed by atoms with Gasteiger partial charge >= 0.3 is 0 Å². The van der Waals surface area contributed by atoms with E-state index in [4.69, 9.17) is 5.73 Å². The molecule has 0 spiro atoms. The van der Waals surface area contributed by atoms with E-state index in [-0.39, 0.29) is 11.2 Å². The Balaban J connectivity index is 2.49. The highest BCUT2D eigenvalue weighted by atomic mass is 32.2. The van der Waals surface area contributed by atoms with Gasteiger partial charge in [0.1, 0.15) is 0 Å². The summed E-state index contributed by atoms with van der Waals surface area (Å²) in [6.07, 6.45) is 0. The lowest BCUT2D eigenvalue weighted by Crippen LogP contribution is -2.25. The lowest BCUT2D eigenvalue weighted by molar-refractivity contribution is -0.115. The van der Waals surface area contributed by atoms with Crippen molar-refractivity contribution < 1.29 is 4.79 Å². The first-order valence-corrected chi connectivity index (χ1v) is 7.38. The monoisotopic (exact) mass is 281 g/mol. The molecule has 0 radical (unpaired) electrons. The van der Waals surface area contributed by atoms with Gasteiger partial charge in [0.25, 0.3) is 0 Å². The fourth-order valence-corrected chi connectivity index (χ4v) is 2.58. The van der Waals surface area contributed by atoms with Gasteiger partial charge < -0.3 is 16.0 Å².